The van der Waals surface area contributed by atoms with Gasteiger partial charge in [0.05, 0.1) is 19.3 Å². The zero-order chi connectivity index (χ0) is 10.6. The van der Waals surface area contributed by atoms with E-state index < -0.39 is 12.2 Å². The molecule has 0 spiro atoms. The summed E-state index contributed by atoms with van der Waals surface area (Å²) in [7, 11) is 0. The summed E-state index contributed by atoms with van der Waals surface area (Å²) in [6.07, 6.45) is 0.760. The lowest BCUT2D eigenvalue weighted by atomic mass is 9.96. The molecule has 1 heterocycles. The highest BCUT2D eigenvalue weighted by molar-refractivity contribution is 4.79. The van der Waals surface area contributed by atoms with E-state index in [1.165, 1.54) is 0 Å². The highest BCUT2D eigenvalue weighted by atomic mass is 16.7. The highest BCUT2D eigenvalue weighted by Gasteiger charge is 2.34. The summed E-state index contributed by atoms with van der Waals surface area (Å²) in [6.45, 7) is 5.74. The first-order valence-electron chi connectivity index (χ1n) is 4.86. The van der Waals surface area contributed by atoms with Crippen molar-refractivity contribution >= 4 is 0 Å². The maximum atomic E-state index is 9.52. The molecular formula is C10H18O4. The highest BCUT2D eigenvalue weighted by Crippen LogP contribution is 2.25. The third-order valence-corrected chi connectivity index (χ3v) is 2.37. The maximum absolute atomic E-state index is 9.52. The molecule has 0 aromatic rings. The van der Waals surface area contributed by atoms with Crippen LogP contribution in [-0.2, 0) is 9.47 Å². The molecular weight excluding hydrogens is 184 g/mol. The van der Waals surface area contributed by atoms with Crippen molar-refractivity contribution in [1.29, 1.82) is 0 Å². The van der Waals surface area contributed by atoms with Gasteiger partial charge in [0.2, 0.25) is 0 Å². The first kappa shape index (κ1) is 11.7. The lowest BCUT2D eigenvalue weighted by Crippen LogP contribution is -2.46. The fourth-order valence-corrected chi connectivity index (χ4v) is 1.57. The molecule has 2 N–H and O–H groups in total. The molecule has 82 valence electrons. The Bertz CT molecular complexity index is 183. The van der Waals surface area contributed by atoms with E-state index in [1.807, 2.05) is 6.92 Å². The average molecular weight is 202 g/mol. The van der Waals surface area contributed by atoms with Gasteiger partial charge in [-0.2, -0.15) is 0 Å². The molecule has 0 bridgehead atoms. The van der Waals surface area contributed by atoms with Gasteiger partial charge in [-0.3, -0.25) is 0 Å². The van der Waals surface area contributed by atoms with Gasteiger partial charge < -0.3 is 19.7 Å². The van der Waals surface area contributed by atoms with Crippen molar-refractivity contribution in [3.8, 4) is 0 Å². The molecule has 4 nitrogen and oxygen atoms in total. The second-order valence-electron chi connectivity index (χ2n) is 3.63. The maximum Gasteiger partial charge on any atom is 0.161 e. The Morgan fingerprint density at radius 1 is 1.64 bits per heavy atom. The average Bonchev–Trinajstić information content (AvgIpc) is 2.17. The Balaban J connectivity index is 2.46. The zero-order valence-corrected chi connectivity index (χ0v) is 8.43. The van der Waals surface area contributed by atoms with Gasteiger partial charge in [-0.05, 0) is 6.42 Å². The third-order valence-electron chi connectivity index (χ3n) is 2.37. The van der Waals surface area contributed by atoms with Crippen molar-refractivity contribution < 1.29 is 19.7 Å². The van der Waals surface area contributed by atoms with Gasteiger partial charge in [-0.15, -0.1) is 6.58 Å². The minimum atomic E-state index is -0.599. The van der Waals surface area contributed by atoms with Crippen LogP contribution in [0.4, 0.5) is 0 Å². The summed E-state index contributed by atoms with van der Waals surface area (Å²) in [5, 5.41) is 18.5. The number of rotatable bonds is 4. The molecule has 0 aliphatic carbocycles. The predicted molar refractivity (Wildman–Crippen MR) is 51.7 cm³/mol. The fraction of sp³-hybridized carbons (Fsp3) is 0.800. The van der Waals surface area contributed by atoms with Crippen molar-refractivity contribution in [2.75, 3.05) is 13.2 Å². The van der Waals surface area contributed by atoms with Gasteiger partial charge in [0, 0.05) is 5.92 Å². The van der Waals surface area contributed by atoms with Crippen molar-refractivity contribution in [2.24, 2.45) is 5.92 Å². The number of hydrogen-bond donors (Lipinski definition) is 2. The van der Waals surface area contributed by atoms with Crippen LogP contribution in [-0.4, -0.2) is 41.9 Å². The Hall–Kier alpha value is -0.420. The van der Waals surface area contributed by atoms with E-state index in [2.05, 4.69) is 6.58 Å². The lowest BCUT2D eigenvalue weighted by Gasteiger charge is -2.36. The molecule has 1 unspecified atom stereocenters. The lowest BCUT2D eigenvalue weighted by molar-refractivity contribution is -0.248. The van der Waals surface area contributed by atoms with E-state index in [0.717, 1.165) is 0 Å². The molecule has 0 saturated carbocycles. The molecule has 14 heavy (non-hydrogen) atoms. The molecule has 1 saturated heterocycles. The van der Waals surface area contributed by atoms with E-state index in [9.17, 15) is 5.11 Å². The standard InChI is InChI=1S/C10H18O4/c1-3-4-13-10-7(2)5-8(12)9(6-11)14-10/h3,7-12H,1,4-6H2,2H3/t7-,8-,9?,10-/m1/s1. The van der Waals surface area contributed by atoms with E-state index in [1.54, 1.807) is 6.08 Å². The summed E-state index contributed by atoms with van der Waals surface area (Å²) < 4.78 is 10.8. The number of aliphatic hydroxyl groups excluding tert-OH is 2. The van der Waals surface area contributed by atoms with Crippen LogP contribution >= 0.6 is 0 Å². The smallest absolute Gasteiger partial charge is 0.161 e. The molecule has 1 fully saturated rings. The summed E-state index contributed by atoms with van der Waals surface area (Å²) in [5.41, 5.74) is 0. The second kappa shape index (κ2) is 5.46. The molecule has 4 heteroatoms. The molecule has 0 aromatic heterocycles. The van der Waals surface area contributed by atoms with Gasteiger partial charge in [0.15, 0.2) is 6.29 Å². The van der Waals surface area contributed by atoms with Crippen LogP contribution in [0.3, 0.4) is 0 Å². The molecule has 0 amide bonds. The second-order valence-corrected chi connectivity index (χ2v) is 3.63. The minimum absolute atomic E-state index is 0.132. The zero-order valence-electron chi connectivity index (χ0n) is 8.43. The van der Waals surface area contributed by atoms with Gasteiger partial charge in [0.1, 0.15) is 6.10 Å². The molecule has 1 rings (SSSR count). The monoisotopic (exact) mass is 202 g/mol. The first-order chi connectivity index (χ1) is 6.69. The molecule has 1 aliphatic rings. The first-order valence-corrected chi connectivity index (χ1v) is 4.86. The SMILES string of the molecule is C=CCO[C@@H]1OC(CO)[C@H](O)C[C@H]1C. The van der Waals surface area contributed by atoms with Crippen LogP contribution in [0.1, 0.15) is 13.3 Å². The number of ether oxygens (including phenoxy) is 2. The minimum Gasteiger partial charge on any atom is -0.394 e. The number of aliphatic hydroxyl groups is 2. The Kier molecular flexibility index (Phi) is 4.54. The summed E-state index contributed by atoms with van der Waals surface area (Å²) in [6, 6.07) is 0. The van der Waals surface area contributed by atoms with Crippen LogP contribution in [0.2, 0.25) is 0 Å². The molecule has 0 aromatic carbocycles. The fourth-order valence-electron chi connectivity index (χ4n) is 1.57. The van der Waals surface area contributed by atoms with Gasteiger partial charge >= 0.3 is 0 Å². The Morgan fingerprint density at radius 3 is 2.93 bits per heavy atom. The summed E-state index contributed by atoms with van der Waals surface area (Å²) in [4.78, 5) is 0. The predicted octanol–water partition coefficient (Wildman–Crippen LogP) is 0.293. The van der Waals surface area contributed by atoms with Crippen LogP contribution < -0.4 is 0 Å². The Morgan fingerprint density at radius 2 is 2.36 bits per heavy atom. The van der Waals surface area contributed by atoms with Crippen LogP contribution in [0.15, 0.2) is 12.7 Å². The Labute approximate surface area is 84.1 Å². The molecule has 4 atom stereocenters. The van der Waals surface area contributed by atoms with Gasteiger partial charge in [-0.1, -0.05) is 13.0 Å². The topological polar surface area (TPSA) is 58.9 Å². The van der Waals surface area contributed by atoms with Gasteiger partial charge in [0.25, 0.3) is 0 Å². The quantitative estimate of drug-likeness (QED) is 0.643. The van der Waals surface area contributed by atoms with Crippen molar-refractivity contribution in [2.45, 2.75) is 31.8 Å². The van der Waals surface area contributed by atoms with Crippen LogP contribution in [0.25, 0.3) is 0 Å². The third kappa shape index (κ3) is 2.78. The van der Waals surface area contributed by atoms with E-state index in [0.29, 0.717) is 13.0 Å². The molecule has 1 aliphatic heterocycles. The van der Waals surface area contributed by atoms with Crippen LogP contribution in [0.5, 0.6) is 0 Å². The van der Waals surface area contributed by atoms with Crippen molar-refractivity contribution in [3.05, 3.63) is 12.7 Å². The van der Waals surface area contributed by atoms with Crippen molar-refractivity contribution in [3.63, 3.8) is 0 Å². The van der Waals surface area contributed by atoms with E-state index >= 15 is 0 Å². The van der Waals surface area contributed by atoms with E-state index in [4.69, 9.17) is 14.6 Å². The van der Waals surface area contributed by atoms with Crippen molar-refractivity contribution in [1.82, 2.24) is 0 Å². The normalized spacial score (nSPS) is 38.2. The van der Waals surface area contributed by atoms with Crippen LogP contribution in [0, 0.1) is 5.92 Å². The van der Waals surface area contributed by atoms with E-state index in [-0.39, 0.29) is 18.8 Å². The molecule has 0 radical (unpaired) electrons. The summed E-state index contributed by atoms with van der Waals surface area (Å²) >= 11 is 0. The number of hydrogen-bond acceptors (Lipinski definition) is 4. The largest absolute Gasteiger partial charge is 0.394 e. The van der Waals surface area contributed by atoms with Gasteiger partial charge in [-0.25, -0.2) is 0 Å². The summed E-state index contributed by atoms with van der Waals surface area (Å²) in [5.74, 6) is 0.132.